The number of aliphatic hydroxyl groups is 1. The molecule has 4 heteroatoms. The molecule has 0 aliphatic heterocycles. The average molecular weight is 279 g/mol. The number of benzene rings is 2. The lowest BCUT2D eigenvalue weighted by molar-refractivity contribution is 0.106. The van der Waals surface area contributed by atoms with Crippen molar-refractivity contribution in [3.8, 4) is 11.5 Å². The molecule has 0 bridgehead atoms. The highest BCUT2D eigenvalue weighted by atomic mass is 35.5. The molecular weight excluding hydrogens is 264 g/mol. The molecule has 0 radical (unpaired) electrons. The van der Waals surface area contributed by atoms with E-state index >= 15 is 0 Å². The van der Waals surface area contributed by atoms with Gasteiger partial charge in [0, 0.05) is 5.56 Å². The number of aliphatic hydroxyl groups excluding tert-OH is 1. The molecule has 3 nitrogen and oxygen atoms in total. The minimum atomic E-state index is -0.771. The lowest BCUT2D eigenvalue weighted by Gasteiger charge is -2.16. The normalized spacial score (nSPS) is 11.9. The Morgan fingerprint density at radius 2 is 1.68 bits per heavy atom. The number of rotatable bonds is 5. The topological polar surface area (TPSA) is 38.7 Å². The second kappa shape index (κ2) is 6.45. The molecule has 1 unspecified atom stereocenters. The molecule has 2 aromatic carbocycles. The Morgan fingerprint density at radius 1 is 1.05 bits per heavy atom. The molecule has 0 aliphatic carbocycles. The number of para-hydroxylation sites is 2. The summed E-state index contributed by atoms with van der Waals surface area (Å²) >= 11 is 5.98. The fourth-order valence-corrected chi connectivity index (χ4v) is 1.95. The second-order valence-electron chi connectivity index (χ2n) is 4.00. The zero-order valence-electron chi connectivity index (χ0n) is 10.5. The predicted octanol–water partition coefficient (Wildman–Crippen LogP) is 3.46. The van der Waals surface area contributed by atoms with E-state index < -0.39 is 6.10 Å². The Kier molecular flexibility index (Phi) is 4.66. The molecule has 0 amide bonds. The van der Waals surface area contributed by atoms with Crippen molar-refractivity contribution in [2.24, 2.45) is 0 Å². The van der Waals surface area contributed by atoms with Crippen LogP contribution in [-0.4, -0.2) is 18.8 Å². The zero-order valence-corrected chi connectivity index (χ0v) is 11.3. The highest BCUT2D eigenvalue weighted by molar-refractivity contribution is 6.32. The van der Waals surface area contributed by atoms with Crippen molar-refractivity contribution in [3.05, 3.63) is 59.1 Å². The van der Waals surface area contributed by atoms with Gasteiger partial charge in [-0.15, -0.1) is 0 Å². The van der Waals surface area contributed by atoms with E-state index in [4.69, 9.17) is 21.1 Å². The molecule has 2 rings (SSSR count). The van der Waals surface area contributed by atoms with Crippen molar-refractivity contribution in [1.29, 1.82) is 0 Å². The smallest absolute Gasteiger partial charge is 0.138 e. The van der Waals surface area contributed by atoms with Crippen molar-refractivity contribution in [2.75, 3.05) is 13.7 Å². The van der Waals surface area contributed by atoms with E-state index in [1.807, 2.05) is 24.3 Å². The van der Waals surface area contributed by atoms with E-state index in [0.717, 1.165) is 0 Å². The van der Waals surface area contributed by atoms with Gasteiger partial charge in [0.15, 0.2) is 0 Å². The van der Waals surface area contributed by atoms with Gasteiger partial charge in [-0.3, -0.25) is 0 Å². The maximum Gasteiger partial charge on any atom is 0.138 e. The summed E-state index contributed by atoms with van der Waals surface area (Å²) in [5.41, 5.74) is 0.692. The van der Waals surface area contributed by atoms with Gasteiger partial charge in [-0.25, -0.2) is 0 Å². The second-order valence-corrected chi connectivity index (χ2v) is 4.41. The first-order valence-electron chi connectivity index (χ1n) is 5.90. The lowest BCUT2D eigenvalue weighted by atomic mass is 10.1. The maximum atomic E-state index is 10.1. The average Bonchev–Trinajstić information content (AvgIpc) is 2.46. The minimum Gasteiger partial charge on any atom is -0.496 e. The van der Waals surface area contributed by atoms with Crippen LogP contribution in [0.25, 0.3) is 0 Å². The number of ether oxygens (including phenoxy) is 2. The Labute approximate surface area is 117 Å². The van der Waals surface area contributed by atoms with Crippen molar-refractivity contribution in [3.63, 3.8) is 0 Å². The Balaban J connectivity index is 2.05. The molecule has 0 saturated carbocycles. The third kappa shape index (κ3) is 3.40. The van der Waals surface area contributed by atoms with Gasteiger partial charge in [-0.2, -0.15) is 0 Å². The van der Waals surface area contributed by atoms with Crippen LogP contribution in [0.3, 0.4) is 0 Å². The van der Waals surface area contributed by atoms with E-state index in [1.165, 1.54) is 0 Å². The van der Waals surface area contributed by atoms with E-state index in [0.29, 0.717) is 22.1 Å². The van der Waals surface area contributed by atoms with Crippen LogP contribution in [0.5, 0.6) is 11.5 Å². The van der Waals surface area contributed by atoms with E-state index in [2.05, 4.69) is 0 Å². The van der Waals surface area contributed by atoms with Crippen LogP contribution in [-0.2, 0) is 0 Å². The molecule has 0 heterocycles. The fourth-order valence-electron chi connectivity index (χ4n) is 1.76. The first-order valence-corrected chi connectivity index (χ1v) is 6.28. The van der Waals surface area contributed by atoms with Gasteiger partial charge in [0.1, 0.15) is 24.2 Å². The summed E-state index contributed by atoms with van der Waals surface area (Å²) in [5, 5.41) is 10.7. The van der Waals surface area contributed by atoms with Gasteiger partial charge in [-0.1, -0.05) is 41.9 Å². The first-order chi connectivity index (χ1) is 9.22. The fraction of sp³-hybridized carbons (Fsp3) is 0.200. The van der Waals surface area contributed by atoms with Gasteiger partial charge >= 0.3 is 0 Å². The summed E-state index contributed by atoms with van der Waals surface area (Å²) in [4.78, 5) is 0. The van der Waals surface area contributed by atoms with Crippen LogP contribution in [0.2, 0.25) is 5.02 Å². The largest absolute Gasteiger partial charge is 0.496 e. The number of halogens is 1. The Bertz CT molecular complexity index is 542. The Morgan fingerprint density at radius 3 is 2.37 bits per heavy atom. The summed E-state index contributed by atoms with van der Waals surface area (Å²) in [6.07, 6.45) is -0.771. The molecule has 0 spiro atoms. The SMILES string of the molecule is COc1ccccc1C(O)COc1ccccc1Cl. The van der Waals surface area contributed by atoms with E-state index in [9.17, 15) is 5.11 Å². The molecule has 1 N–H and O–H groups in total. The summed E-state index contributed by atoms with van der Waals surface area (Å²) in [6.45, 7) is 0.115. The van der Waals surface area contributed by atoms with Gasteiger partial charge in [0.05, 0.1) is 12.1 Å². The summed E-state index contributed by atoms with van der Waals surface area (Å²) in [5.74, 6) is 1.19. The van der Waals surface area contributed by atoms with Gasteiger partial charge in [0.25, 0.3) is 0 Å². The van der Waals surface area contributed by atoms with Crippen LogP contribution in [0.4, 0.5) is 0 Å². The standard InChI is InChI=1S/C15H15ClO3/c1-18-14-8-4-2-6-11(14)13(17)10-19-15-9-5-3-7-12(15)16/h2-9,13,17H,10H2,1H3. The third-order valence-electron chi connectivity index (χ3n) is 2.73. The van der Waals surface area contributed by atoms with Crippen molar-refractivity contribution in [2.45, 2.75) is 6.10 Å². The van der Waals surface area contributed by atoms with Crippen LogP contribution in [0.15, 0.2) is 48.5 Å². The van der Waals surface area contributed by atoms with Crippen molar-refractivity contribution in [1.82, 2.24) is 0 Å². The maximum absolute atomic E-state index is 10.1. The Hall–Kier alpha value is -1.71. The molecule has 0 fully saturated rings. The number of hydrogen-bond acceptors (Lipinski definition) is 3. The first kappa shape index (κ1) is 13.7. The van der Waals surface area contributed by atoms with Gasteiger partial charge in [0.2, 0.25) is 0 Å². The number of hydrogen-bond donors (Lipinski definition) is 1. The van der Waals surface area contributed by atoms with Crippen molar-refractivity contribution >= 4 is 11.6 Å². The predicted molar refractivity (Wildman–Crippen MR) is 74.9 cm³/mol. The van der Waals surface area contributed by atoms with Gasteiger partial charge < -0.3 is 14.6 Å². The van der Waals surface area contributed by atoms with Crippen LogP contribution >= 0.6 is 11.6 Å². The highest BCUT2D eigenvalue weighted by Gasteiger charge is 2.14. The molecule has 19 heavy (non-hydrogen) atoms. The zero-order chi connectivity index (χ0) is 13.7. The molecule has 0 aliphatic rings. The van der Waals surface area contributed by atoms with Gasteiger partial charge in [-0.05, 0) is 18.2 Å². The monoisotopic (exact) mass is 278 g/mol. The van der Waals surface area contributed by atoms with Crippen LogP contribution in [0.1, 0.15) is 11.7 Å². The lowest BCUT2D eigenvalue weighted by Crippen LogP contribution is -2.11. The van der Waals surface area contributed by atoms with Crippen LogP contribution in [0, 0.1) is 0 Å². The van der Waals surface area contributed by atoms with E-state index in [1.54, 1.807) is 31.4 Å². The van der Waals surface area contributed by atoms with E-state index in [-0.39, 0.29) is 6.61 Å². The molecule has 0 aromatic heterocycles. The molecular formula is C15H15ClO3. The highest BCUT2D eigenvalue weighted by Crippen LogP contribution is 2.27. The molecule has 100 valence electrons. The quantitative estimate of drug-likeness (QED) is 0.910. The minimum absolute atomic E-state index is 0.115. The van der Waals surface area contributed by atoms with Crippen LogP contribution < -0.4 is 9.47 Å². The number of methoxy groups -OCH3 is 1. The third-order valence-corrected chi connectivity index (χ3v) is 3.04. The summed E-state index contributed by atoms with van der Waals surface area (Å²) < 4.78 is 10.7. The molecule has 2 aromatic rings. The van der Waals surface area contributed by atoms with Crippen molar-refractivity contribution < 1.29 is 14.6 Å². The molecule has 0 saturated heterocycles. The summed E-state index contributed by atoms with van der Waals surface area (Å²) in [7, 11) is 1.57. The summed E-state index contributed by atoms with van der Waals surface area (Å²) in [6, 6.07) is 14.5. The molecule has 1 atom stereocenters.